The van der Waals surface area contributed by atoms with Crippen LogP contribution in [0.4, 0.5) is 0 Å². The molecule has 1 unspecified atom stereocenters. The monoisotopic (exact) mass is 915 g/mol. The van der Waals surface area contributed by atoms with Gasteiger partial charge in [-0.3, -0.25) is 24.0 Å². The number of likely N-dealkylation sites (N-methyl/N-ethyl adjacent to an activating group) is 1. The Hall–Kier alpha value is -6.94. The molecule has 6 rings (SSSR count). The summed E-state index contributed by atoms with van der Waals surface area (Å²) in [6.07, 6.45) is 7.57. The van der Waals surface area contributed by atoms with Gasteiger partial charge in [0.1, 0.15) is 55.4 Å². The molecule has 1 aromatic heterocycles. The summed E-state index contributed by atoms with van der Waals surface area (Å²) in [4.78, 5) is 80.7. The highest BCUT2D eigenvalue weighted by Crippen LogP contribution is 2.40. The lowest BCUT2D eigenvalue weighted by molar-refractivity contribution is -0.141. The van der Waals surface area contributed by atoms with Gasteiger partial charge in [-0.25, -0.2) is 9.97 Å². The maximum Gasteiger partial charge on any atom is 0.255 e. The van der Waals surface area contributed by atoms with Crippen LogP contribution in [0, 0.1) is 18.3 Å². The number of nitrogens with two attached hydrogens (primary N) is 3. The Morgan fingerprint density at radius 2 is 1.54 bits per heavy atom. The lowest BCUT2D eigenvalue weighted by Gasteiger charge is -2.32. The third-order valence-electron chi connectivity index (χ3n) is 12.1. The van der Waals surface area contributed by atoms with Gasteiger partial charge in [0.2, 0.25) is 23.6 Å². The third-order valence-corrected chi connectivity index (χ3v) is 12.1. The Morgan fingerprint density at radius 1 is 0.881 bits per heavy atom. The largest absolute Gasteiger partial charge is 0.492 e. The fraction of sp³-hybridized carbons (Fsp3) is 0.429. The van der Waals surface area contributed by atoms with E-state index in [2.05, 4.69) is 43.4 Å². The average molecular weight is 916 g/mol. The maximum atomic E-state index is 14.7. The predicted octanol–water partition coefficient (Wildman–Crippen LogP) is 2.67. The third kappa shape index (κ3) is 12.3. The van der Waals surface area contributed by atoms with E-state index in [0.717, 1.165) is 5.56 Å². The van der Waals surface area contributed by atoms with Crippen LogP contribution in [0.1, 0.15) is 90.2 Å². The van der Waals surface area contributed by atoms with Crippen LogP contribution in [-0.4, -0.2) is 109 Å². The molecule has 4 atom stereocenters. The second-order valence-electron chi connectivity index (χ2n) is 16.8. The Kier molecular flexibility index (Phi) is 17.4. The first-order chi connectivity index (χ1) is 32.4. The Labute approximate surface area is 390 Å². The molecule has 4 aromatic rings. The summed E-state index contributed by atoms with van der Waals surface area (Å²) in [7, 11) is 1.42. The van der Waals surface area contributed by atoms with Crippen LogP contribution >= 0.6 is 0 Å². The Morgan fingerprint density at radius 3 is 2.18 bits per heavy atom. The summed E-state index contributed by atoms with van der Waals surface area (Å²) in [5.74, 6) is -1.54. The van der Waals surface area contributed by atoms with Crippen LogP contribution in [0.5, 0.6) is 11.5 Å². The zero-order valence-electron chi connectivity index (χ0n) is 38.3. The number of rotatable bonds is 16. The number of nitrogens with one attached hydrogen (secondary N) is 4. The summed E-state index contributed by atoms with van der Waals surface area (Å²) in [5, 5.41) is 19.9. The SMILES string of the molecule is Cc1nc(-c2ccc(C3CCCCC3)cc2)ncc1C(=O)NC(CCN)C(=O)N(C)[C@@H]1C(=O)N[C@@H](C)C(=O)N[C@H](C(=O)NCC#N)Cc2ccc(OCCN)c(c2)-c2cc1ccc2OCCN. The van der Waals surface area contributed by atoms with E-state index < -0.39 is 53.7 Å². The van der Waals surface area contributed by atoms with Crippen molar-refractivity contribution < 1.29 is 33.4 Å². The van der Waals surface area contributed by atoms with Gasteiger partial charge >= 0.3 is 0 Å². The number of hydrogen-bond donors (Lipinski definition) is 7. The maximum absolute atomic E-state index is 14.7. The molecule has 0 radical (unpaired) electrons. The molecule has 0 spiro atoms. The second-order valence-corrected chi connectivity index (χ2v) is 16.8. The van der Waals surface area contributed by atoms with Gasteiger partial charge in [-0.1, -0.05) is 55.7 Å². The van der Waals surface area contributed by atoms with Crippen molar-refractivity contribution in [2.75, 3.05) is 46.4 Å². The van der Waals surface area contributed by atoms with Crippen LogP contribution in [0.2, 0.25) is 0 Å². The van der Waals surface area contributed by atoms with Gasteiger partial charge in [0.05, 0.1) is 17.3 Å². The Balaban J connectivity index is 1.34. The Bertz CT molecular complexity index is 2450. The number of aryl methyl sites for hydroxylation is 1. The first-order valence-electron chi connectivity index (χ1n) is 22.8. The van der Waals surface area contributed by atoms with E-state index in [0.29, 0.717) is 51.2 Å². The second kappa shape index (κ2) is 23.5. The van der Waals surface area contributed by atoms with Crippen molar-refractivity contribution in [1.29, 1.82) is 5.26 Å². The van der Waals surface area contributed by atoms with Gasteiger partial charge in [-0.05, 0) is 86.5 Å². The summed E-state index contributed by atoms with van der Waals surface area (Å²) >= 11 is 0. The van der Waals surface area contributed by atoms with Crippen molar-refractivity contribution in [2.24, 2.45) is 17.2 Å². The number of aromatic nitrogens is 2. The van der Waals surface area contributed by atoms with Crippen molar-refractivity contribution in [2.45, 2.75) is 88.9 Å². The first kappa shape index (κ1) is 49.5. The zero-order valence-corrected chi connectivity index (χ0v) is 38.3. The van der Waals surface area contributed by atoms with E-state index in [-0.39, 0.29) is 57.8 Å². The molecule has 3 aromatic carbocycles. The average Bonchev–Trinajstić information content (AvgIpc) is 3.34. The molecule has 67 heavy (non-hydrogen) atoms. The molecule has 18 nitrogen and oxygen atoms in total. The lowest BCUT2D eigenvalue weighted by atomic mass is 9.84. The van der Waals surface area contributed by atoms with E-state index in [1.165, 1.54) is 62.7 Å². The van der Waals surface area contributed by atoms with Crippen molar-refractivity contribution in [3.8, 4) is 40.1 Å². The molecule has 2 heterocycles. The van der Waals surface area contributed by atoms with Gasteiger partial charge in [-0.2, -0.15) is 5.26 Å². The smallest absolute Gasteiger partial charge is 0.255 e. The highest BCUT2D eigenvalue weighted by molar-refractivity contribution is 6.00. The fourth-order valence-corrected chi connectivity index (χ4v) is 8.53. The molecule has 1 fully saturated rings. The lowest BCUT2D eigenvalue weighted by Crippen LogP contribution is -2.56. The molecule has 10 N–H and O–H groups in total. The number of carbonyl (C=O) groups excluding carboxylic acids is 5. The molecule has 1 aliphatic heterocycles. The van der Waals surface area contributed by atoms with Crippen molar-refractivity contribution in [3.05, 3.63) is 94.8 Å². The highest BCUT2D eigenvalue weighted by atomic mass is 16.5. The van der Waals surface area contributed by atoms with E-state index in [9.17, 15) is 29.2 Å². The highest BCUT2D eigenvalue weighted by Gasteiger charge is 2.36. The van der Waals surface area contributed by atoms with E-state index in [1.54, 1.807) is 43.3 Å². The standard InChI is InChI=1S/C49H61N11O7/c1-29-38(28-55-44(56-29)34-12-10-33(11-13-34)32-7-5-4-6-8-32)46(62)58-39(17-18-50)49(65)60(3)43-35-14-16-42(67-24-21-53)37(27-35)36-25-31(9-15-41(36)66-23-20-52)26-40(47(63)54-22-19-51)59-45(61)30(2)57-48(43)64/h9-16,25,27-28,30,32,39-40,43H,4-8,17-18,20-24,26,50,52-53H2,1-3H3,(H,54,63)(H,57,64)(H,58,62)(H,59,61)/t30-,39?,40-,43-/m0/s1. The molecule has 1 saturated carbocycles. The molecular formula is C49H61N11O7. The van der Waals surface area contributed by atoms with Gasteiger partial charge < -0.3 is 52.8 Å². The molecule has 5 amide bonds. The van der Waals surface area contributed by atoms with Crippen molar-refractivity contribution in [1.82, 2.24) is 36.1 Å². The number of benzene rings is 3. The van der Waals surface area contributed by atoms with Crippen LogP contribution in [0.3, 0.4) is 0 Å². The van der Waals surface area contributed by atoms with Crippen LogP contribution in [0.15, 0.2) is 66.9 Å². The number of nitrogens with zero attached hydrogens (tertiary/aromatic N) is 4. The zero-order chi connectivity index (χ0) is 48.0. The fourth-order valence-electron chi connectivity index (χ4n) is 8.53. The van der Waals surface area contributed by atoms with Crippen LogP contribution in [0.25, 0.3) is 22.5 Å². The van der Waals surface area contributed by atoms with E-state index in [4.69, 9.17) is 26.7 Å². The van der Waals surface area contributed by atoms with Crippen molar-refractivity contribution >= 4 is 29.5 Å². The number of carbonyl (C=O) groups is 5. The number of nitriles is 1. The summed E-state index contributed by atoms with van der Waals surface area (Å²) < 4.78 is 12.2. The summed E-state index contributed by atoms with van der Waals surface area (Å²) in [6.45, 7) is 3.52. The van der Waals surface area contributed by atoms with Crippen LogP contribution < -0.4 is 47.9 Å². The van der Waals surface area contributed by atoms with E-state index >= 15 is 0 Å². The van der Waals surface area contributed by atoms with Gasteiger partial charge in [0, 0.05) is 49.4 Å². The van der Waals surface area contributed by atoms with Crippen molar-refractivity contribution in [3.63, 3.8) is 0 Å². The topological polar surface area (TPSA) is 283 Å². The van der Waals surface area contributed by atoms with Gasteiger partial charge in [-0.15, -0.1) is 0 Å². The summed E-state index contributed by atoms with van der Waals surface area (Å²) in [5.41, 5.74) is 22.3. The predicted molar refractivity (Wildman–Crippen MR) is 251 cm³/mol. The molecule has 0 saturated heterocycles. The molecule has 2 aliphatic rings. The number of hydrogen-bond acceptors (Lipinski definition) is 13. The normalized spacial score (nSPS) is 18.0. The number of fused-ring (bicyclic) bond motifs is 5. The molecule has 18 heteroatoms. The molecule has 354 valence electrons. The van der Waals surface area contributed by atoms with Gasteiger partial charge in [0.25, 0.3) is 5.91 Å². The van der Waals surface area contributed by atoms with Gasteiger partial charge in [0.15, 0.2) is 5.82 Å². The first-order valence-corrected chi connectivity index (χ1v) is 22.8. The summed E-state index contributed by atoms with van der Waals surface area (Å²) in [6, 6.07) is 15.3. The minimum Gasteiger partial charge on any atom is -0.492 e. The number of amides is 5. The molecular weight excluding hydrogens is 855 g/mol. The minimum absolute atomic E-state index is 0.00453. The minimum atomic E-state index is -1.40. The quantitative estimate of drug-likeness (QED) is 0.0798. The molecule has 1 aliphatic carbocycles. The van der Waals surface area contributed by atoms with E-state index in [1.807, 2.05) is 18.2 Å². The van der Waals surface area contributed by atoms with Crippen LogP contribution in [-0.2, 0) is 25.6 Å². The number of ether oxygens (including phenoxy) is 2. The molecule has 4 bridgehead atoms.